The van der Waals surface area contributed by atoms with Crippen LogP contribution in [0.1, 0.15) is 23.5 Å². The van der Waals surface area contributed by atoms with Crippen LogP contribution in [-0.2, 0) is 6.42 Å². The smallest absolute Gasteiger partial charge is 0.314 e. The van der Waals surface area contributed by atoms with Crippen molar-refractivity contribution in [1.29, 1.82) is 0 Å². The van der Waals surface area contributed by atoms with Crippen LogP contribution in [0.5, 0.6) is 5.75 Å². The van der Waals surface area contributed by atoms with E-state index in [-0.39, 0.29) is 11.9 Å². The van der Waals surface area contributed by atoms with Crippen molar-refractivity contribution in [3.8, 4) is 5.75 Å². The monoisotopic (exact) mass is 310 g/mol. The molecule has 4 heteroatoms. The van der Waals surface area contributed by atoms with E-state index in [2.05, 4.69) is 28.8 Å². The summed E-state index contributed by atoms with van der Waals surface area (Å²) in [6, 6.07) is 18.2. The van der Waals surface area contributed by atoms with Gasteiger partial charge in [0.2, 0.25) is 0 Å². The van der Waals surface area contributed by atoms with Crippen molar-refractivity contribution in [3.05, 3.63) is 65.7 Å². The van der Waals surface area contributed by atoms with Gasteiger partial charge in [-0.25, -0.2) is 4.79 Å². The first-order valence-electron chi connectivity index (χ1n) is 8.10. The Balaban J connectivity index is 1.34. The minimum Gasteiger partial charge on any atom is -0.493 e. The molecule has 2 amide bonds. The molecule has 2 aromatic carbocycles. The zero-order valence-electron chi connectivity index (χ0n) is 13.1. The topological polar surface area (TPSA) is 50.4 Å². The maximum absolute atomic E-state index is 11.9. The molecule has 0 radical (unpaired) electrons. The zero-order valence-corrected chi connectivity index (χ0v) is 13.1. The van der Waals surface area contributed by atoms with Gasteiger partial charge < -0.3 is 15.4 Å². The van der Waals surface area contributed by atoms with Gasteiger partial charge in [-0.05, 0) is 24.5 Å². The van der Waals surface area contributed by atoms with E-state index in [0.717, 1.165) is 18.6 Å². The van der Waals surface area contributed by atoms with E-state index in [9.17, 15) is 4.79 Å². The van der Waals surface area contributed by atoms with Crippen LogP contribution in [0.2, 0.25) is 0 Å². The SMILES string of the molecule is O=C(NCCCc1ccccc1)NC[C@@H]1COc2ccccc21. The van der Waals surface area contributed by atoms with Gasteiger partial charge in [-0.2, -0.15) is 0 Å². The fourth-order valence-corrected chi connectivity index (χ4v) is 2.82. The predicted octanol–water partition coefficient (Wildman–Crippen LogP) is 3.09. The Morgan fingerprint density at radius 2 is 1.83 bits per heavy atom. The lowest BCUT2D eigenvalue weighted by molar-refractivity contribution is 0.239. The first kappa shape index (κ1) is 15.4. The van der Waals surface area contributed by atoms with E-state index >= 15 is 0 Å². The van der Waals surface area contributed by atoms with Crippen molar-refractivity contribution in [3.63, 3.8) is 0 Å². The van der Waals surface area contributed by atoms with Crippen LogP contribution >= 0.6 is 0 Å². The average molecular weight is 310 g/mol. The third-order valence-corrected chi connectivity index (χ3v) is 4.08. The molecule has 120 valence electrons. The Labute approximate surface area is 136 Å². The van der Waals surface area contributed by atoms with Crippen LogP contribution in [0.15, 0.2) is 54.6 Å². The molecule has 0 saturated carbocycles. The minimum atomic E-state index is -0.109. The number of hydrogen-bond acceptors (Lipinski definition) is 2. The summed E-state index contributed by atoms with van der Waals surface area (Å²) in [6.45, 7) is 1.91. The molecule has 0 spiro atoms. The summed E-state index contributed by atoms with van der Waals surface area (Å²) in [5.41, 5.74) is 2.48. The number of rotatable bonds is 6. The van der Waals surface area contributed by atoms with Crippen molar-refractivity contribution >= 4 is 6.03 Å². The number of urea groups is 1. The van der Waals surface area contributed by atoms with Crippen molar-refractivity contribution < 1.29 is 9.53 Å². The molecule has 2 N–H and O–H groups in total. The van der Waals surface area contributed by atoms with Crippen molar-refractivity contribution in [2.75, 3.05) is 19.7 Å². The molecular weight excluding hydrogens is 288 g/mol. The summed E-state index contributed by atoms with van der Waals surface area (Å²) in [6.07, 6.45) is 1.91. The molecule has 0 fully saturated rings. The Bertz CT molecular complexity index is 643. The highest BCUT2D eigenvalue weighted by atomic mass is 16.5. The van der Waals surface area contributed by atoms with Gasteiger partial charge in [0.15, 0.2) is 0 Å². The Morgan fingerprint density at radius 3 is 2.70 bits per heavy atom. The van der Waals surface area contributed by atoms with Gasteiger partial charge in [-0.1, -0.05) is 48.5 Å². The molecule has 1 atom stereocenters. The second kappa shape index (κ2) is 7.68. The molecule has 4 nitrogen and oxygen atoms in total. The molecule has 1 aliphatic rings. The van der Waals surface area contributed by atoms with Crippen LogP contribution in [-0.4, -0.2) is 25.7 Å². The van der Waals surface area contributed by atoms with Crippen LogP contribution in [0.25, 0.3) is 0 Å². The maximum Gasteiger partial charge on any atom is 0.314 e. The van der Waals surface area contributed by atoms with Crippen molar-refractivity contribution in [2.24, 2.45) is 0 Å². The fraction of sp³-hybridized carbons (Fsp3) is 0.316. The summed E-state index contributed by atoms with van der Waals surface area (Å²) in [7, 11) is 0. The van der Waals surface area contributed by atoms with Gasteiger partial charge in [0, 0.05) is 24.6 Å². The first-order chi connectivity index (χ1) is 11.3. The molecule has 0 aromatic heterocycles. The Morgan fingerprint density at radius 1 is 1.04 bits per heavy atom. The molecule has 2 aromatic rings. The number of benzene rings is 2. The lowest BCUT2D eigenvalue weighted by Gasteiger charge is -2.11. The second-order valence-electron chi connectivity index (χ2n) is 5.77. The van der Waals surface area contributed by atoms with Crippen molar-refractivity contribution in [2.45, 2.75) is 18.8 Å². The third-order valence-electron chi connectivity index (χ3n) is 4.08. The van der Waals surface area contributed by atoms with Gasteiger partial charge in [-0.15, -0.1) is 0 Å². The molecule has 0 aliphatic carbocycles. The summed E-state index contributed by atoms with van der Waals surface area (Å²) >= 11 is 0. The van der Waals surface area contributed by atoms with Crippen LogP contribution in [0.3, 0.4) is 0 Å². The molecular formula is C19H22N2O2. The molecule has 1 aliphatic heterocycles. The molecule has 3 rings (SSSR count). The number of nitrogens with one attached hydrogen (secondary N) is 2. The first-order valence-corrected chi connectivity index (χ1v) is 8.10. The van der Waals surface area contributed by atoms with E-state index in [1.165, 1.54) is 11.1 Å². The van der Waals surface area contributed by atoms with Crippen LogP contribution in [0.4, 0.5) is 4.79 Å². The van der Waals surface area contributed by atoms with Crippen LogP contribution < -0.4 is 15.4 Å². The molecule has 0 saturated heterocycles. The summed E-state index contributed by atoms with van der Waals surface area (Å²) in [5, 5.41) is 5.84. The zero-order chi connectivity index (χ0) is 15.9. The standard InChI is InChI=1S/C19H22N2O2/c22-19(20-12-6-9-15-7-2-1-3-8-15)21-13-16-14-23-18-11-5-4-10-17(16)18/h1-5,7-8,10-11,16H,6,9,12-14H2,(H2,20,21,22)/t16-/m1/s1. The van der Waals surface area contributed by atoms with Crippen LogP contribution in [0, 0.1) is 0 Å². The minimum absolute atomic E-state index is 0.109. The van der Waals surface area contributed by atoms with Gasteiger partial charge >= 0.3 is 6.03 Å². The molecule has 23 heavy (non-hydrogen) atoms. The lowest BCUT2D eigenvalue weighted by atomic mass is 10.0. The average Bonchev–Trinajstić information content (AvgIpc) is 3.01. The highest BCUT2D eigenvalue weighted by Crippen LogP contribution is 2.32. The number of aryl methyl sites for hydroxylation is 1. The molecule has 0 unspecified atom stereocenters. The molecule has 0 bridgehead atoms. The molecule has 1 heterocycles. The largest absolute Gasteiger partial charge is 0.493 e. The predicted molar refractivity (Wildman–Crippen MR) is 90.8 cm³/mol. The van der Waals surface area contributed by atoms with Gasteiger partial charge in [0.1, 0.15) is 5.75 Å². The van der Waals surface area contributed by atoms with E-state index in [1.807, 2.05) is 36.4 Å². The number of para-hydroxylation sites is 1. The Hall–Kier alpha value is -2.49. The quantitative estimate of drug-likeness (QED) is 0.806. The van der Waals surface area contributed by atoms with Gasteiger partial charge in [0.05, 0.1) is 6.61 Å². The maximum atomic E-state index is 11.9. The third kappa shape index (κ3) is 4.25. The van der Waals surface area contributed by atoms with Gasteiger partial charge in [0.25, 0.3) is 0 Å². The number of carbonyl (C=O) groups is 1. The number of fused-ring (bicyclic) bond motifs is 1. The number of ether oxygens (including phenoxy) is 1. The number of carbonyl (C=O) groups excluding carboxylic acids is 1. The highest BCUT2D eigenvalue weighted by Gasteiger charge is 2.23. The normalized spacial score (nSPS) is 15.6. The second-order valence-corrected chi connectivity index (χ2v) is 5.77. The number of amides is 2. The highest BCUT2D eigenvalue weighted by molar-refractivity contribution is 5.73. The van der Waals surface area contributed by atoms with E-state index in [0.29, 0.717) is 19.7 Å². The lowest BCUT2D eigenvalue weighted by Crippen LogP contribution is -2.38. The fourth-order valence-electron chi connectivity index (χ4n) is 2.82. The van der Waals surface area contributed by atoms with E-state index in [1.54, 1.807) is 0 Å². The van der Waals surface area contributed by atoms with Gasteiger partial charge in [-0.3, -0.25) is 0 Å². The van der Waals surface area contributed by atoms with E-state index < -0.39 is 0 Å². The summed E-state index contributed by atoms with van der Waals surface area (Å²) in [4.78, 5) is 11.9. The summed E-state index contributed by atoms with van der Waals surface area (Å²) in [5.74, 6) is 1.17. The number of hydrogen-bond donors (Lipinski definition) is 2. The van der Waals surface area contributed by atoms with Crippen molar-refractivity contribution in [1.82, 2.24) is 10.6 Å². The Kier molecular flexibility index (Phi) is 5.14. The summed E-state index contributed by atoms with van der Waals surface area (Å²) < 4.78 is 5.62. The van der Waals surface area contributed by atoms with E-state index in [4.69, 9.17) is 4.74 Å².